The monoisotopic (exact) mass is 330 g/mol. The minimum absolute atomic E-state index is 0.365. The van der Waals surface area contributed by atoms with Crippen molar-refractivity contribution in [3.63, 3.8) is 0 Å². The third-order valence-electron chi connectivity index (χ3n) is 3.78. The molecule has 0 heterocycles. The van der Waals surface area contributed by atoms with Gasteiger partial charge in [0.05, 0.1) is 26.7 Å². The molecular weight excluding hydrogens is 308 g/mol. The average Bonchev–Trinajstić information content (AvgIpc) is 2.60. The molecule has 5 nitrogen and oxygen atoms in total. The SMILES string of the molecule is CCOc1ccc(C(Cc2ccc(OC)c(OC)c2)C(=O)O)cc1. The Bertz CT molecular complexity index is 679. The number of benzene rings is 2. The van der Waals surface area contributed by atoms with Gasteiger partial charge in [-0.25, -0.2) is 0 Å². The van der Waals surface area contributed by atoms with Gasteiger partial charge in [0.25, 0.3) is 0 Å². The van der Waals surface area contributed by atoms with E-state index in [0.717, 1.165) is 16.9 Å². The van der Waals surface area contributed by atoms with Gasteiger partial charge in [-0.05, 0) is 48.7 Å². The van der Waals surface area contributed by atoms with Crippen molar-refractivity contribution in [3.8, 4) is 17.2 Å². The molecule has 0 bridgehead atoms. The lowest BCUT2D eigenvalue weighted by atomic mass is 9.92. The van der Waals surface area contributed by atoms with Gasteiger partial charge in [0.2, 0.25) is 0 Å². The molecule has 0 fully saturated rings. The van der Waals surface area contributed by atoms with Crippen LogP contribution in [0.3, 0.4) is 0 Å². The molecule has 2 aromatic carbocycles. The van der Waals surface area contributed by atoms with Crippen LogP contribution < -0.4 is 14.2 Å². The summed E-state index contributed by atoms with van der Waals surface area (Å²) in [4.78, 5) is 11.7. The molecular formula is C19H22O5. The second-order valence-corrected chi connectivity index (χ2v) is 5.29. The first-order valence-electron chi connectivity index (χ1n) is 7.75. The smallest absolute Gasteiger partial charge is 0.311 e. The molecule has 0 aromatic heterocycles. The number of aliphatic carboxylic acids is 1. The molecule has 1 atom stereocenters. The van der Waals surface area contributed by atoms with E-state index in [2.05, 4.69) is 0 Å². The molecule has 128 valence electrons. The van der Waals surface area contributed by atoms with Gasteiger partial charge < -0.3 is 19.3 Å². The molecule has 2 rings (SSSR count). The first kappa shape index (κ1) is 17.7. The normalized spacial score (nSPS) is 11.6. The Hall–Kier alpha value is -2.69. The fraction of sp³-hybridized carbons (Fsp3) is 0.316. The van der Waals surface area contributed by atoms with Gasteiger partial charge in [-0.1, -0.05) is 18.2 Å². The fourth-order valence-corrected chi connectivity index (χ4v) is 2.55. The molecule has 0 aliphatic heterocycles. The molecule has 0 radical (unpaired) electrons. The van der Waals surface area contributed by atoms with Crippen LogP contribution >= 0.6 is 0 Å². The second kappa shape index (κ2) is 8.24. The molecule has 0 saturated carbocycles. The van der Waals surface area contributed by atoms with E-state index in [-0.39, 0.29) is 0 Å². The van der Waals surface area contributed by atoms with Crippen molar-refractivity contribution in [1.29, 1.82) is 0 Å². The summed E-state index contributed by atoms with van der Waals surface area (Å²) in [6.45, 7) is 2.48. The molecule has 0 aliphatic rings. The molecule has 0 saturated heterocycles. The first-order valence-corrected chi connectivity index (χ1v) is 7.75. The van der Waals surface area contributed by atoms with E-state index in [0.29, 0.717) is 24.5 Å². The van der Waals surface area contributed by atoms with Crippen LogP contribution in [0.4, 0.5) is 0 Å². The molecule has 0 amide bonds. The zero-order valence-electron chi connectivity index (χ0n) is 14.1. The number of carboxylic acid groups (broad SMARTS) is 1. The summed E-state index contributed by atoms with van der Waals surface area (Å²) in [6.07, 6.45) is 0.365. The molecule has 0 aliphatic carbocycles. The summed E-state index contributed by atoms with van der Waals surface area (Å²) >= 11 is 0. The number of rotatable bonds is 8. The third kappa shape index (κ3) is 4.19. The van der Waals surface area contributed by atoms with E-state index in [9.17, 15) is 9.90 Å². The highest BCUT2D eigenvalue weighted by molar-refractivity contribution is 5.76. The summed E-state index contributed by atoms with van der Waals surface area (Å²) in [5.41, 5.74) is 1.61. The predicted molar refractivity (Wildman–Crippen MR) is 91.2 cm³/mol. The summed E-state index contributed by atoms with van der Waals surface area (Å²) in [5.74, 6) is 0.434. The first-order chi connectivity index (χ1) is 11.6. The number of ether oxygens (including phenoxy) is 3. The molecule has 2 aromatic rings. The van der Waals surface area contributed by atoms with E-state index >= 15 is 0 Å². The van der Waals surface area contributed by atoms with E-state index in [1.54, 1.807) is 44.6 Å². The van der Waals surface area contributed by atoms with Crippen LogP contribution in [0.5, 0.6) is 17.2 Å². The Balaban J connectivity index is 2.24. The van der Waals surface area contributed by atoms with Gasteiger partial charge >= 0.3 is 5.97 Å². The van der Waals surface area contributed by atoms with Crippen LogP contribution in [0.25, 0.3) is 0 Å². The van der Waals surface area contributed by atoms with Crippen molar-refractivity contribution in [2.45, 2.75) is 19.3 Å². The summed E-state index contributed by atoms with van der Waals surface area (Å²) in [7, 11) is 3.13. The van der Waals surface area contributed by atoms with E-state index in [4.69, 9.17) is 14.2 Å². The molecule has 1 unspecified atom stereocenters. The minimum atomic E-state index is -0.867. The molecule has 1 N–H and O–H groups in total. The zero-order chi connectivity index (χ0) is 17.5. The van der Waals surface area contributed by atoms with Gasteiger partial charge in [-0.3, -0.25) is 4.79 Å². The maximum atomic E-state index is 11.7. The van der Waals surface area contributed by atoms with Crippen LogP contribution in [0.1, 0.15) is 24.0 Å². The Morgan fingerprint density at radius 2 is 1.71 bits per heavy atom. The number of hydrogen-bond donors (Lipinski definition) is 1. The quantitative estimate of drug-likeness (QED) is 0.802. The fourth-order valence-electron chi connectivity index (χ4n) is 2.55. The maximum Gasteiger partial charge on any atom is 0.311 e. The maximum absolute atomic E-state index is 11.7. The Labute approximate surface area is 141 Å². The van der Waals surface area contributed by atoms with Crippen LogP contribution in [-0.4, -0.2) is 31.9 Å². The number of hydrogen-bond acceptors (Lipinski definition) is 4. The zero-order valence-corrected chi connectivity index (χ0v) is 14.1. The number of carbonyl (C=O) groups is 1. The van der Waals surface area contributed by atoms with Crippen LogP contribution in [0.2, 0.25) is 0 Å². The summed E-state index contributed by atoms with van der Waals surface area (Å²) in [6, 6.07) is 12.6. The van der Waals surface area contributed by atoms with Crippen molar-refractivity contribution >= 4 is 5.97 Å². The number of carboxylic acids is 1. The van der Waals surface area contributed by atoms with Crippen molar-refractivity contribution in [2.24, 2.45) is 0 Å². The standard InChI is InChI=1S/C19H22O5/c1-4-24-15-8-6-14(7-9-15)16(19(20)21)11-13-5-10-17(22-2)18(12-13)23-3/h5-10,12,16H,4,11H2,1-3H3,(H,20,21). The van der Waals surface area contributed by atoms with Crippen molar-refractivity contribution < 1.29 is 24.1 Å². The third-order valence-corrected chi connectivity index (χ3v) is 3.78. The predicted octanol–water partition coefficient (Wildman–Crippen LogP) is 3.51. The lowest BCUT2D eigenvalue weighted by Crippen LogP contribution is -2.14. The van der Waals surface area contributed by atoms with E-state index in [1.165, 1.54) is 0 Å². The molecule has 5 heteroatoms. The lowest BCUT2D eigenvalue weighted by molar-refractivity contribution is -0.138. The Morgan fingerprint density at radius 3 is 2.25 bits per heavy atom. The van der Waals surface area contributed by atoms with Gasteiger partial charge in [0, 0.05) is 0 Å². The van der Waals surface area contributed by atoms with Crippen LogP contribution in [0, 0.1) is 0 Å². The summed E-state index contributed by atoms with van der Waals surface area (Å²) < 4.78 is 15.9. The average molecular weight is 330 g/mol. The van der Waals surface area contributed by atoms with Crippen molar-refractivity contribution in [1.82, 2.24) is 0 Å². The van der Waals surface area contributed by atoms with Gasteiger partial charge in [-0.2, -0.15) is 0 Å². The van der Waals surface area contributed by atoms with E-state index in [1.807, 2.05) is 19.1 Å². The van der Waals surface area contributed by atoms with Gasteiger partial charge in [0.1, 0.15) is 5.75 Å². The number of methoxy groups -OCH3 is 2. The van der Waals surface area contributed by atoms with E-state index < -0.39 is 11.9 Å². The molecule has 24 heavy (non-hydrogen) atoms. The Morgan fingerprint density at radius 1 is 1.04 bits per heavy atom. The Kier molecular flexibility index (Phi) is 6.07. The van der Waals surface area contributed by atoms with Crippen molar-refractivity contribution in [3.05, 3.63) is 53.6 Å². The second-order valence-electron chi connectivity index (χ2n) is 5.29. The molecule has 0 spiro atoms. The van der Waals surface area contributed by atoms with Crippen LogP contribution in [0.15, 0.2) is 42.5 Å². The lowest BCUT2D eigenvalue weighted by Gasteiger charge is -2.15. The summed E-state index contributed by atoms with van der Waals surface area (Å²) in [5, 5.41) is 9.60. The van der Waals surface area contributed by atoms with Gasteiger partial charge in [0.15, 0.2) is 11.5 Å². The minimum Gasteiger partial charge on any atom is -0.494 e. The largest absolute Gasteiger partial charge is 0.494 e. The topological polar surface area (TPSA) is 65.0 Å². The highest BCUT2D eigenvalue weighted by Gasteiger charge is 2.21. The van der Waals surface area contributed by atoms with Crippen LogP contribution in [-0.2, 0) is 11.2 Å². The highest BCUT2D eigenvalue weighted by Crippen LogP contribution is 2.30. The van der Waals surface area contributed by atoms with Crippen molar-refractivity contribution in [2.75, 3.05) is 20.8 Å². The van der Waals surface area contributed by atoms with Gasteiger partial charge in [-0.15, -0.1) is 0 Å². The highest BCUT2D eigenvalue weighted by atomic mass is 16.5.